The van der Waals surface area contributed by atoms with E-state index >= 15 is 0 Å². The molecule has 10 heteroatoms. The number of hydrogen-bond donors (Lipinski definition) is 3. The first kappa shape index (κ1) is 24.7. The summed E-state index contributed by atoms with van der Waals surface area (Å²) in [7, 11) is -7.24. The molecule has 5 rings (SSSR count). The molecule has 1 aromatic heterocycles. The Morgan fingerprint density at radius 1 is 1.06 bits per heavy atom. The van der Waals surface area contributed by atoms with Crippen LogP contribution in [0.2, 0.25) is 0 Å². The van der Waals surface area contributed by atoms with Crippen molar-refractivity contribution in [1.29, 1.82) is 0 Å². The molecule has 2 aromatic carbocycles. The molecule has 2 unspecified atom stereocenters. The highest BCUT2D eigenvalue weighted by Crippen LogP contribution is 2.39. The molecule has 2 fully saturated rings. The highest BCUT2D eigenvalue weighted by Gasteiger charge is 2.33. The molecule has 2 aliphatic heterocycles. The van der Waals surface area contributed by atoms with Gasteiger partial charge in [-0.15, -0.1) is 0 Å². The maximum atomic E-state index is 11.8. The van der Waals surface area contributed by atoms with Gasteiger partial charge < -0.3 is 9.88 Å². The Morgan fingerprint density at radius 3 is 2.50 bits per heavy atom. The predicted octanol–water partition coefficient (Wildman–Crippen LogP) is 4.20. The lowest BCUT2D eigenvalue weighted by Crippen LogP contribution is -2.37. The molecule has 34 heavy (non-hydrogen) atoms. The SMILES string of the molecule is CCS(=O)(=O)Nc1ccc2[nH]cc(C3CCN4CCCC4C3)c2c1.O=S(=O)(O)c1ccccc1. The van der Waals surface area contributed by atoms with Gasteiger partial charge in [0.15, 0.2) is 0 Å². The lowest BCUT2D eigenvalue weighted by Gasteiger charge is -2.34. The van der Waals surface area contributed by atoms with Gasteiger partial charge in [0.05, 0.1) is 10.6 Å². The van der Waals surface area contributed by atoms with E-state index in [9.17, 15) is 16.8 Å². The van der Waals surface area contributed by atoms with Crippen LogP contribution < -0.4 is 4.72 Å². The van der Waals surface area contributed by atoms with Crippen molar-refractivity contribution in [2.24, 2.45) is 0 Å². The minimum atomic E-state index is -4.00. The van der Waals surface area contributed by atoms with Crippen LogP contribution in [0, 0.1) is 0 Å². The zero-order chi connectivity index (χ0) is 24.3. The number of nitrogens with one attached hydrogen (secondary N) is 2. The van der Waals surface area contributed by atoms with Crippen LogP contribution in [0.5, 0.6) is 0 Å². The standard InChI is InChI=1S/C18H25N3O2S.C6H6O3S/c1-2-24(22,23)20-14-5-6-18-16(11-14)17(12-19-18)13-7-9-21-8-3-4-15(21)10-13;7-10(8,9)6-4-2-1-3-5-6/h5-6,11-13,15,19-20H,2-4,7-10H2,1H3;1-5H,(H,7,8,9). The number of anilines is 1. The van der Waals surface area contributed by atoms with Gasteiger partial charge in [-0.25, -0.2) is 8.42 Å². The molecular weight excluding hydrogens is 474 g/mol. The van der Waals surface area contributed by atoms with Crippen molar-refractivity contribution in [3.63, 3.8) is 0 Å². The van der Waals surface area contributed by atoms with Crippen LogP contribution in [0.25, 0.3) is 10.9 Å². The van der Waals surface area contributed by atoms with Crippen molar-refractivity contribution in [3.05, 3.63) is 60.3 Å². The highest BCUT2D eigenvalue weighted by molar-refractivity contribution is 7.92. The van der Waals surface area contributed by atoms with Gasteiger partial charge in [-0.2, -0.15) is 8.42 Å². The van der Waals surface area contributed by atoms with Gasteiger partial charge >= 0.3 is 0 Å². The number of aromatic amines is 1. The van der Waals surface area contributed by atoms with E-state index in [1.807, 2.05) is 18.2 Å². The van der Waals surface area contributed by atoms with E-state index in [1.165, 1.54) is 56.5 Å². The maximum Gasteiger partial charge on any atom is 0.294 e. The molecule has 0 aliphatic carbocycles. The molecule has 184 valence electrons. The van der Waals surface area contributed by atoms with Crippen molar-refractivity contribution >= 4 is 36.7 Å². The lowest BCUT2D eigenvalue weighted by atomic mass is 9.85. The third-order valence-electron chi connectivity index (χ3n) is 6.67. The fourth-order valence-corrected chi connectivity index (χ4v) is 6.03. The Bertz CT molecular complexity index is 1340. The number of piperidine rings is 1. The molecule has 0 amide bonds. The van der Waals surface area contributed by atoms with Crippen LogP contribution in [0.4, 0.5) is 5.69 Å². The predicted molar refractivity (Wildman–Crippen MR) is 134 cm³/mol. The Balaban J connectivity index is 0.000000231. The number of aromatic nitrogens is 1. The van der Waals surface area contributed by atoms with Crippen LogP contribution in [-0.4, -0.2) is 56.2 Å². The summed E-state index contributed by atoms with van der Waals surface area (Å²) in [5.41, 5.74) is 3.08. The summed E-state index contributed by atoms with van der Waals surface area (Å²) in [5, 5.41) is 1.16. The summed E-state index contributed by atoms with van der Waals surface area (Å²) in [6.45, 7) is 4.09. The van der Waals surface area contributed by atoms with E-state index in [1.54, 1.807) is 25.1 Å². The molecule has 3 N–H and O–H groups in total. The van der Waals surface area contributed by atoms with Crippen LogP contribution in [0.15, 0.2) is 59.6 Å². The molecule has 8 nitrogen and oxygen atoms in total. The molecule has 3 heterocycles. The van der Waals surface area contributed by atoms with Gasteiger partial charge in [0.2, 0.25) is 10.0 Å². The van der Waals surface area contributed by atoms with Gasteiger partial charge in [0.25, 0.3) is 10.1 Å². The minimum absolute atomic E-state index is 0.0741. The van der Waals surface area contributed by atoms with E-state index in [0.717, 1.165) is 16.9 Å². The topological polar surface area (TPSA) is 120 Å². The second-order valence-corrected chi connectivity index (χ2v) is 12.3. The van der Waals surface area contributed by atoms with Gasteiger partial charge in [-0.05, 0) is 87.5 Å². The molecule has 2 saturated heterocycles. The monoisotopic (exact) mass is 505 g/mol. The first-order valence-electron chi connectivity index (χ1n) is 11.5. The van der Waals surface area contributed by atoms with Gasteiger partial charge in [-0.1, -0.05) is 18.2 Å². The Morgan fingerprint density at radius 2 is 1.82 bits per heavy atom. The van der Waals surface area contributed by atoms with Gasteiger partial charge in [-0.3, -0.25) is 9.27 Å². The Hall–Kier alpha value is -2.40. The number of fused-ring (bicyclic) bond motifs is 2. The van der Waals surface area contributed by atoms with Gasteiger partial charge in [0.1, 0.15) is 0 Å². The van der Waals surface area contributed by atoms with Crippen LogP contribution >= 0.6 is 0 Å². The molecule has 0 bridgehead atoms. The fourth-order valence-electron chi connectivity index (χ4n) is 4.89. The second-order valence-electron chi connectivity index (χ2n) is 8.85. The fraction of sp³-hybridized carbons (Fsp3) is 0.417. The van der Waals surface area contributed by atoms with Crippen molar-refractivity contribution in [2.45, 2.75) is 49.5 Å². The van der Waals surface area contributed by atoms with Crippen molar-refractivity contribution in [1.82, 2.24) is 9.88 Å². The zero-order valence-electron chi connectivity index (χ0n) is 19.1. The number of nitrogens with zero attached hydrogens (tertiary/aromatic N) is 1. The summed E-state index contributed by atoms with van der Waals surface area (Å²) in [6.07, 6.45) is 7.18. The summed E-state index contributed by atoms with van der Waals surface area (Å²) in [5.74, 6) is 0.654. The third kappa shape index (κ3) is 5.80. The van der Waals surface area contributed by atoms with E-state index in [4.69, 9.17) is 4.55 Å². The normalized spacial score (nSPS) is 21.0. The molecule has 2 atom stereocenters. The first-order valence-corrected chi connectivity index (χ1v) is 14.6. The summed E-state index contributed by atoms with van der Waals surface area (Å²) in [4.78, 5) is 5.92. The molecule has 0 spiro atoms. The lowest BCUT2D eigenvalue weighted by molar-refractivity contribution is 0.181. The smallest absolute Gasteiger partial charge is 0.294 e. The number of H-pyrrole nitrogens is 1. The molecular formula is C24H31N3O5S2. The minimum Gasteiger partial charge on any atom is -0.361 e. The molecule has 2 aliphatic rings. The Kier molecular flexibility index (Phi) is 7.32. The number of sulfonamides is 1. The van der Waals surface area contributed by atoms with E-state index in [2.05, 4.69) is 20.8 Å². The number of hydrogen-bond acceptors (Lipinski definition) is 5. The van der Waals surface area contributed by atoms with Gasteiger partial charge in [0, 0.05) is 28.8 Å². The van der Waals surface area contributed by atoms with Crippen molar-refractivity contribution < 1.29 is 21.4 Å². The second kappa shape index (κ2) is 10.1. The first-order chi connectivity index (χ1) is 16.2. The van der Waals surface area contributed by atoms with Crippen LogP contribution in [0.3, 0.4) is 0 Å². The summed E-state index contributed by atoms with van der Waals surface area (Å²) in [6, 6.07) is 13.9. The zero-order valence-corrected chi connectivity index (χ0v) is 20.8. The Labute approximate surface area is 201 Å². The highest BCUT2D eigenvalue weighted by atomic mass is 32.2. The average molecular weight is 506 g/mol. The van der Waals surface area contributed by atoms with Crippen LogP contribution in [0.1, 0.15) is 44.1 Å². The average Bonchev–Trinajstić information content (AvgIpc) is 3.45. The number of benzene rings is 2. The molecule has 0 radical (unpaired) electrons. The van der Waals surface area contributed by atoms with E-state index in [-0.39, 0.29) is 10.6 Å². The summed E-state index contributed by atoms with van der Waals surface area (Å²) >= 11 is 0. The molecule has 0 saturated carbocycles. The third-order valence-corrected chi connectivity index (χ3v) is 8.84. The molecule has 3 aromatic rings. The van der Waals surface area contributed by atoms with Crippen LogP contribution in [-0.2, 0) is 20.1 Å². The summed E-state index contributed by atoms with van der Waals surface area (Å²) < 4.78 is 55.6. The van der Waals surface area contributed by atoms with E-state index < -0.39 is 20.1 Å². The van der Waals surface area contributed by atoms with Crippen molar-refractivity contribution in [2.75, 3.05) is 23.6 Å². The van der Waals surface area contributed by atoms with Crippen molar-refractivity contribution in [3.8, 4) is 0 Å². The number of rotatable bonds is 5. The largest absolute Gasteiger partial charge is 0.361 e. The maximum absolute atomic E-state index is 11.8. The van der Waals surface area contributed by atoms with E-state index in [0.29, 0.717) is 11.6 Å². The quantitative estimate of drug-likeness (QED) is 0.447.